The lowest BCUT2D eigenvalue weighted by atomic mass is 9.92. The topological polar surface area (TPSA) is 49.2 Å². The van der Waals surface area contributed by atoms with Crippen molar-refractivity contribution in [3.05, 3.63) is 60.4 Å². The molecule has 18 heteroatoms. The fourth-order valence-electron chi connectivity index (χ4n) is 4.44. The molecule has 1 heterocycles. The van der Waals surface area contributed by atoms with Gasteiger partial charge in [0.1, 0.15) is 23.8 Å². The molecule has 0 bridgehead atoms. The first kappa shape index (κ1) is 39.7. The SMILES string of the molecule is CCCCCCCCOc1ccc(-c2ccc(OCc3cn(CCC(F)(F)C(F)(F)C(F)(F)C(F)(F)C(F)(F)C(F)(F)F)nn3)cc2)cc1. The highest BCUT2D eigenvalue weighted by Gasteiger charge is 2.90. The lowest BCUT2D eigenvalue weighted by Gasteiger charge is -2.39. The van der Waals surface area contributed by atoms with E-state index in [-0.39, 0.29) is 12.3 Å². The van der Waals surface area contributed by atoms with Crippen molar-refractivity contribution < 1.29 is 66.5 Å². The Bertz CT molecular complexity index is 1460. The summed E-state index contributed by atoms with van der Waals surface area (Å²) in [6.07, 6.45) is -2.15. The van der Waals surface area contributed by atoms with Gasteiger partial charge in [0, 0.05) is 13.0 Å². The summed E-state index contributed by atoms with van der Waals surface area (Å²) in [5, 5.41) is 6.80. The summed E-state index contributed by atoms with van der Waals surface area (Å²) in [5.41, 5.74) is 1.61. The quantitative estimate of drug-likeness (QED) is 0.0912. The van der Waals surface area contributed by atoms with Gasteiger partial charge in [0.2, 0.25) is 0 Å². The number of hydrogen-bond donors (Lipinski definition) is 0. The van der Waals surface area contributed by atoms with Gasteiger partial charge in [-0.25, -0.2) is 0 Å². The molecule has 0 spiro atoms. The van der Waals surface area contributed by atoms with Gasteiger partial charge < -0.3 is 9.47 Å². The Kier molecular flexibility index (Phi) is 12.5. The number of rotatable bonds is 19. The summed E-state index contributed by atoms with van der Waals surface area (Å²) in [5.74, 6) is -36.0. The Balaban J connectivity index is 1.53. The standard InChI is InChI=1S/C31H32F13N3O2/c1-2-3-4-5-6-7-18-48-24-12-8-21(9-13-24)22-10-14-25(15-11-22)49-20-23-19-47(46-45-23)17-16-26(32,33)27(34,35)28(36,37)29(38,39)30(40,41)31(42,43)44/h8-15,19H,2-7,16-18,20H2,1H3. The van der Waals surface area contributed by atoms with Crippen LogP contribution in [0.15, 0.2) is 54.7 Å². The second-order valence-corrected chi connectivity index (χ2v) is 11.2. The van der Waals surface area contributed by atoms with Crippen LogP contribution in [-0.2, 0) is 13.2 Å². The zero-order chi connectivity index (χ0) is 36.7. The van der Waals surface area contributed by atoms with E-state index in [1.165, 1.54) is 25.7 Å². The summed E-state index contributed by atoms with van der Waals surface area (Å²) < 4.78 is 185. The number of nitrogens with zero attached hydrogens (tertiary/aromatic N) is 3. The summed E-state index contributed by atoms with van der Waals surface area (Å²) in [7, 11) is 0. The number of unbranched alkanes of at least 4 members (excludes halogenated alkanes) is 5. The van der Waals surface area contributed by atoms with E-state index in [0.717, 1.165) is 35.9 Å². The number of halogens is 13. The maximum atomic E-state index is 14.1. The average Bonchev–Trinajstić information content (AvgIpc) is 3.50. The molecule has 274 valence electrons. The number of aryl methyl sites for hydroxylation is 1. The van der Waals surface area contributed by atoms with Gasteiger partial charge in [-0.3, -0.25) is 4.68 Å². The minimum absolute atomic E-state index is 0.0858. The smallest absolute Gasteiger partial charge is 0.460 e. The predicted molar refractivity (Wildman–Crippen MR) is 151 cm³/mol. The molecule has 0 unspecified atom stereocenters. The molecule has 0 amide bonds. The van der Waals surface area contributed by atoms with Gasteiger partial charge in [0.25, 0.3) is 0 Å². The molecule has 0 radical (unpaired) electrons. The largest absolute Gasteiger partial charge is 0.494 e. The van der Waals surface area contributed by atoms with Crippen molar-refractivity contribution in [1.29, 1.82) is 0 Å². The van der Waals surface area contributed by atoms with Crippen molar-refractivity contribution >= 4 is 0 Å². The summed E-state index contributed by atoms with van der Waals surface area (Å²) in [6, 6.07) is 14.0. The normalized spacial score (nSPS) is 13.5. The molecule has 0 aliphatic heterocycles. The van der Waals surface area contributed by atoms with E-state index in [1.807, 2.05) is 24.3 Å². The van der Waals surface area contributed by atoms with Crippen LogP contribution in [0.3, 0.4) is 0 Å². The summed E-state index contributed by atoms with van der Waals surface area (Å²) >= 11 is 0. The first-order valence-corrected chi connectivity index (χ1v) is 15.0. The van der Waals surface area contributed by atoms with Crippen LogP contribution in [-0.4, -0.2) is 57.4 Å². The monoisotopic (exact) mass is 725 g/mol. The number of aromatic nitrogens is 3. The van der Waals surface area contributed by atoms with Crippen molar-refractivity contribution in [2.75, 3.05) is 6.61 Å². The highest BCUT2D eigenvalue weighted by atomic mass is 19.4. The highest BCUT2D eigenvalue weighted by molar-refractivity contribution is 5.64. The van der Waals surface area contributed by atoms with Crippen LogP contribution in [0.2, 0.25) is 0 Å². The Morgan fingerprint density at radius 3 is 1.61 bits per heavy atom. The van der Waals surface area contributed by atoms with E-state index in [0.29, 0.717) is 17.0 Å². The fourth-order valence-corrected chi connectivity index (χ4v) is 4.44. The third-order valence-electron chi connectivity index (χ3n) is 7.43. The molecule has 2 aromatic carbocycles. The van der Waals surface area contributed by atoms with Gasteiger partial charge in [0.05, 0.1) is 12.8 Å². The number of hydrogen-bond acceptors (Lipinski definition) is 4. The van der Waals surface area contributed by atoms with Gasteiger partial charge in [-0.05, 0) is 41.8 Å². The second-order valence-electron chi connectivity index (χ2n) is 11.2. The molecule has 1 aromatic heterocycles. The minimum Gasteiger partial charge on any atom is -0.494 e. The van der Waals surface area contributed by atoms with Crippen LogP contribution < -0.4 is 9.47 Å². The summed E-state index contributed by atoms with van der Waals surface area (Å²) in [6.45, 7) is 1.02. The van der Waals surface area contributed by atoms with Crippen molar-refractivity contribution in [2.45, 2.75) is 101 Å². The molecule has 0 saturated heterocycles. The summed E-state index contributed by atoms with van der Waals surface area (Å²) in [4.78, 5) is 0. The van der Waals surface area contributed by atoms with Gasteiger partial charge in [-0.2, -0.15) is 57.1 Å². The van der Waals surface area contributed by atoms with Crippen molar-refractivity contribution in [3.8, 4) is 22.6 Å². The zero-order valence-electron chi connectivity index (χ0n) is 25.8. The molecule has 0 N–H and O–H groups in total. The third kappa shape index (κ3) is 8.90. The highest BCUT2D eigenvalue weighted by Crippen LogP contribution is 2.60. The Hall–Kier alpha value is -3.73. The molecule has 0 saturated carbocycles. The van der Waals surface area contributed by atoms with Crippen molar-refractivity contribution in [3.63, 3.8) is 0 Å². The lowest BCUT2D eigenvalue weighted by molar-refractivity contribution is -0.440. The number of benzene rings is 2. The number of alkyl halides is 13. The van der Waals surface area contributed by atoms with Crippen LogP contribution in [0.1, 0.15) is 57.6 Å². The zero-order valence-corrected chi connectivity index (χ0v) is 25.8. The molecular formula is C31H32F13N3O2. The number of ether oxygens (including phenoxy) is 2. The van der Waals surface area contributed by atoms with Crippen LogP contribution in [0.25, 0.3) is 11.1 Å². The van der Waals surface area contributed by atoms with Crippen molar-refractivity contribution in [1.82, 2.24) is 15.0 Å². The molecule has 5 nitrogen and oxygen atoms in total. The first-order valence-electron chi connectivity index (χ1n) is 15.0. The Morgan fingerprint density at radius 1 is 0.592 bits per heavy atom. The van der Waals surface area contributed by atoms with Crippen LogP contribution in [0.5, 0.6) is 11.5 Å². The predicted octanol–water partition coefficient (Wildman–Crippen LogP) is 10.4. The fraction of sp³-hybridized carbons (Fsp3) is 0.548. The van der Waals surface area contributed by atoms with Gasteiger partial charge in [-0.15, -0.1) is 5.10 Å². The molecule has 3 aromatic rings. The van der Waals surface area contributed by atoms with E-state index < -0.39 is 48.8 Å². The molecule has 49 heavy (non-hydrogen) atoms. The van der Waals surface area contributed by atoms with Crippen LogP contribution in [0.4, 0.5) is 57.1 Å². The van der Waals surface area contributed by atoms with E-state index in [4.69, 9.17) is 9.47 Å². The maximum Gasteiger partial charge on any atom is 0.460 e. The molecule has 0 aliphatic rings. The Morgan fingerprint density at radius 2 is 1.08 bits per heavy atom. The third-order valence-corrected chi connectivity index (χ3v) is 7.43. The first-order chi connectivity index (χ1) is 22.7. The van der Waals surface area contributed by atoms with E-state index in [9.17, 15) is 57.1 Å². The lowest BCUT2D eigenvalue weighted by Crippen LogP contribution is -2.70. The molecule has 0 aliphatic carbocycles. The van der Waals surface area contributed by atoms with Gasteiger partial charge in [0.15, 0.2) is 0 Å². The maximum absolute atomic E-state index is 14.1. The van der Waals surface area contributed by atoms with E-state index in [2.05, 4.69) is 17.2 Å². The molecular weight excluding hydrogens is 693 g/mol. The van der Waals surface area contributed by atoms with E-state index in [1.54, 1.807) is 24.3 Å². The minimum atomic E-state index is -7.94. The molecule has 0 fully saturated rings. The second kappa shape index (κ2) is 15.4. The van der Waals surface area contributed by atoms with Gasteiger partial charge in [-0.1, -0.05) is 68.5 Å². The van der Waals surface area contributed by atoms with E-state index >= 15 is 0 Å². The van der Waals surface area contributed by atoms with Gasteiger partial charge >= 0.3 is 35.8 Å². The van der Waals surface area contributed by atoms with Crippen LogP contribution >= 0.6 is 0 Å². The molecule has 3 rings (SSSR count). The van der Waals surface area contributed by atoms with Crippen LogP contribution in [0, 0.1) is 0 Å². The molecule has 0 atom stereocenters. The Labute approximate surface area is 272 Å². The van der Waals surface area contributed by atoms with Crippen molar-refractivity contribution in [2.24, 2.45) is 0 Å². The average molecular weight is 726 g/mol.